The van der Waals surface area contributed by atoms with Gasteiger partial charge in [0.05, 0.1) is 6.42 Å². The minimum atomic E-state index is 0.207. The molecule has 0 unspecified atom stereocenters. The van der Waals surface area contributed by atoms with E-state index in [-0.39, 0.29) is 5.91 Å². The van der Waals surface area contributed by atoms with Crippen molar-refractivity contribution in [1.29, 1.82) is 0 Å². The second-order valence-corrected chi connectivity index (χ2v) is 6.91. The number of pyridine rings is 1. The lowest BCUT2D eigenvalue weighted by atomic mass is 10.1. The highest BCUT2D eigenvalue weighted by atomic mass is 32.1. The van der Waals surface area contributed by atoms with Crippen LogP contribution in [0.15, 0.2) is 35.2 Å². The maximum Gasteiger partial charge on any atom is 0.227 e. The van der Waals surface area contributed by atoms with Crippen LogP contribution in [0.5, 0.6) is 0 Å². The van der Waals surface area contributed by atoms with E-state index in [0.717, 1.165) is 37.4 Å². The molecule has 1 aliphatic rings. The molecule has 0 aliphatic carbocycles. The molecule has 23 heavy (non-hydrogen) atoms. The first-order chi connectivity index (χ1) is 11.1. The molecule has 1 atom stereocenters. The molecule has 122 valence electrons. The van der Waals surface area contributed by atoms with E-state index in [9.17, 15) is 4.79 Å². The lowest BCUT2D eigenvalue weighted by molar-refractivity contribution is -0.132. The van der Waals surface area contributed by atoms with Crippen molar-refractivity contribution in [3.63, 3.8) is 0 Å². The number of aromatic nitrogens is 1. The van der Waals surface area contributed by atoms with Gasteiger partial charge in [0.15, 0.2) is 0 Å². The molecule has 0 radical (unpaired) electrons. The second kappa shape index (κ2) is 7.23. The number of hydrogen-bond acceptors (Lipinski definition) is 4. The van der Waals surface area contributed by atoms with E-state index in [1.165, 1.54) is 5.56 Å². The van der Waals surface area contributed by atoms with Gasteiger partial charge in [0.1, 0.15) is 0 Å². The van der Waals surface area contributed by atoms with E-state index in [4.69, 9.17) is 0 Å². The van der Waals surface area contributed by atoms with Crippen molar-refractivity contribution in [1.82, 2.24) is 14.8 Å². The fourth-order valence-electron chi connectivity index (χ4n) is 2.97. The van der Waals surface area contributed by atoms with Gasteiger partial charge >= 0.3 is 0 Å². The average Bonchev–Trinajstić information content (AvgIpc) is 3.11. The Bertz CT molecular complexity index is 631. The smallest absolute Gasteiger partial charge is 0.227 e. The van der Waals surface area contributed by atoms with Crippen molar-refractivity contribution in [2.75, 3.05) is 26.2 Å². The van der Waals surface area contributed by atoms with E-state index in [2.05, 4.69) is 33.6 Å². The predicted octanol–water partition coefficient (Wildman–Crippen LogP) is 2.90. The first kappa shape index (κ1) is 16.1. The van der Waals surface area contributed by atoms with Gasteiger partial charge in [-0.2, -0.15) is 11.3 Å². The number of nitrogens with zero attached hydrogens (tertiary/aromatic N) is 3. The molecule has 0 saturated carbocycles. The summed E-state index contributed by atoms with van der Waals surface area (Å²) in [6.45, 7) is 7.71. The van der Waals surface area contributed by atoms with Crippen LogP contribution in [-0.4, -0.2) is 46.9 Å². The van der Waals surface area contributed by atoms with Crippen molar-refractivity contribution >= 4 is 17.2 Å². The third kappa shape index (κ3) is 3.98. The molecule has 2 aromatic rings. The summed E-state index contributed by atoms with van der Waals surface area (Å²) in [6.07, 6.45) is 2.26. The van der Waals surface area contributed by atoms with E-state index in [1.807, 2.05) is 30.2 Å². The number of carbonyl (C=O) groups excluding carboxylic acids is 1. The zero-order valence-corrected chi connectivity index (χ0v) is 14.6. The highest BCUT2D eigenvalue weighted by molar-refractivity contribution is 7.07. The Hall–Kier alpha value is -1.72. The molecule has 0 bridgehead atoms. The zero-order valence-electron chi connectivity index (χ0n) is 13.7. The van der Waals surface area contributed by atoms with Crippen LogP contribution in [0.3, 0.4) is 0 Å². The number of hydrogen-bond donors (Lipinski definition) is 0. The summed E-state index contributed by atoms with van der Waals surface area (Å²) in [6, 6.07) is 6.58. The monoisotopic (exact) mass is 329 g/mol. The largest absolute Gasteiger partial charge is 0.340 e. The Kier molecular flexibility index (Phi) is 5.08. The number of thiophene rings is 1. The molecule has 1 amide bonds. The van der Waals surface area contributed by atoms with Crippen LogP contribution in [0.2, 0.25) is 0 Å². The molecule has 1 fully saturated rings. The van der Waals surface area contributed by atoms with Gasteiger partial charge in [-0.1, -0.05) is 6.07 Å². The molecule has 2 aromatic heterocycles. The molecule has 0 aromatic carbocycles. The molecule has 0 N–H and O–H groups in total. The van der Waals surface area contributed by atoms with Crippen molar-refractivity contribution in [2.24, 2.45) is 0 Å². The van der Waals surface area contributed by atoms with E-state index >= 15 is 0 Å². The van der Waals surface area contributed by atoms with Gasteiger partial charge in [-0.25, -0.2) is 0 Å². The highest BCUT2D eigenvalue weighted by Crippen LogP contribution is 2.23. The lowest BCUT2D eigenvalue weighted by Crippen LogP contribution is -2.49. The first-order valence-electron chi connectivity index (χ1n) is 8.09. The van der Waals surface area contributed by atoms with Crippen LogP contribution >= 0.6 is 11.3 Å². The standard InChI is InChI=1S/C18H23N3OS/c1-14-3-4-16(12-19-14)11-18(22)21-8-6-20(7-9-21)15(2)17-5-10-23-13-17/h3-5,10,12-13,15H,6-9,11H2,1-2H3/t15-/m1/s1. The van der Waals surface area contributed by atoms with Crippen LogP contribution in [0.1, 0.15) is 29.8 Å². The van der Waals surface area contributed by atoms with Crippen molar-refractivity contribution < 1.29 is 4.79 Å². The van der Waals surface area contributed by atoms with Crippen LogP contribution in [0, 0.1) is 6.92 Å². The van der Waals surface area contributed by atoms with Crippen LogP contribution in [-0.2, 0) is 11.2 Å². The molecule has 3 rings (SSSR count). The quantitative estimate of drug-likeness (QED) is 0.865. The van der Waals surface area contributed by atoms with Gasteiger partial charge in [0.2, 0.25) is 5.91 Å². The highest BCUT2D eigenvalue weighted by Gasteiger charge is 2.24. The Labute approximate surface area is 141 Å². The fourth-order valence-corrected chi connectivity index (χ4v) is 3.72. The maximum absolute atomic E-state index is 12.4. The molecule has 1 saturated heterocycles. The molecule has 0 spiro atoms. The summed E-state index contributed by atoms with van der Waals surface area (Å²) in [7, 11) is 0. The van der Waals surface area contributed by atoms with Crippen molar-refractivity contribution in [3.05, 3.63) is 52.0 Å². The second-order valence-electron chi connectivity index (χ2n) is 6.13. The van der Waals surface area contributed by atoms with Crippen molar-refractivity contribution in [2.45, 2.75) is 26.3 Å². The van der Waals surface area contributed by atoms with Crippen LogP contribution in [0.25, 0.3) is 0 Å². The minimum Gasteiger partial charge on any atom is -0.340 e. The van der Waals surface area contributed by atoms with Crippen LogP contribution in [0.4, 0.5) is 0 Å². The zero-order chi connectivity index (χ0) is 16.2. The minimum absolute atomic E-state index is 0.207. The number of carbonyl (C=O) groups is 1. The van der Waals surface area contributed by atoms with E-state index in [0.29, 0.717) is 12.5 Å². The number of rotatable bonds is 4. The molecule has 5 heteroatoms. The summed E-state index contributed by atoms with van der Waals surface area (Å²) in [4.78, 5) is 21.1. The Morgan fingerprint density at radius 2 is 2.04 bits per heavy atom. The number of amides is 1. The summed E-state index contributed by atoms with van der Waals surface area (Å²) < 4.78 is 0. The lowest BCUT2D eigenvalue weighted by Gasteiger charge is -2.38. The summed E-state index contributed by atoms with van der Waals surface area (Å²) >= 11 is 1.74. The molecular weight excluding hydrogens is 306 g/mol. The maximum atomic E-state index is 12.4. The molecule has 4 nitrogen and oxygen atoms in total. The predicted molar refractivity (Wildman–Crippen MR) is 93.6 cm³/mol. The fraction of sp³-hybridized carbons (Fsp3) is 0.444. The van der Waals surface area contributed by atoms with Gasteiger partial charge in [-0.3, -0.25) is 14.7 Å². The first-order valence-corrected chi connectivity index (χ1v) is 9.03. The Morgan fingerprint density at radius 1 is 1.26 bits per heavy atom. The van der Waals surface area contributed by atoms with E-state index < -0.39 is 0 Å². The van der Waals surface area contributed by atoms with Gasteiger partial charge < -0.3 is 4.90 Å². The topological polar surface area (TPSA) is 36.4 Å². The van der Waals surface area contributed by atoms with Gasteiger partial charge in [0.25, 0.3) is 0 Å². The van der Waals surface area contributed by atoms with E-state index in [1.54, 1.807) is 11.3 Å². The third-order valence-electron chi connectivity index (χ3n) is 4.57. The van der Waals surface area contributed by atoms with Gasteiger partial charge in [0, 0.05) is 44.1 Å². The van der Waals surface area contributed by atoms with Crippen molar-refractivity contribution in [3.8, 4) is 0 Å². The third-order valence-corrected chi connectivity index (χ3v) is 5.27. The SMILES string of the molecule is Cc1ccc(CC(=O)N2CCN([C@H](C)c3ccsc3)CC2)cn1. The Balaban J connectivity index is 1.52. The van der Waals surface area contributed by atoms with Gasteiger partial charge in [-0.05, 0) is 47.9 Å². The Morgan fingerprint density at radius 3 is 2.65 bits per heavy atom. The van der Waals surface area contributed by atoms with Gasteiger partial charge in [-0.15, -0.1) is 0 Å². The number of aryl methyl sites for hydroxylation is 1. The molecular formula is C18H23N3OS. The molecule has 1 aliphatic heterocycles. The summed E-state index contributed by atoms with van der Waals surface area (Å²) in [5.74, 6) is 0.207. The molecule has 3 heterocycles. The van der Waals surface area contributed by atoms with Crippen LogP contribution < -0.4 is 0 Å². The normalized spacial score (nSPS) is 17.2. The average molecular weight is 329 g/mol. The number of piperazine rings is 1. The summed E-state index contributed by atoms with van der Waals surface area (Å²) in [5.41, 5.74) is 3.35. The summed E-state index contributed by atoms with van der Waals surface area (Å²) in [5, 5.41) is 4.34.